The van der Waals surface area contributed by atoms with E-state index in [1.807, 2.05) is 20.3 Å². The number of hydrogen-bond donors (Lipinski definition) is 0. The van der Waals surface area contributed by atoms with E-state index in [9.17, 15) is 0 Å². The third kappa shape index (κ3) is 7.98. The van der Waals surface area contributed by atoms with Crippen molar-refractivity contribution in [1.82, 2.24) is 0 Å². The lowest BCUT2D eigenvalue weighted by Gasteiger charge is -2.12. The Morgan fingerprint density at radius 1 is 1.33 bits per heavy atom. The minimum Gasteiger partial charge on any atom is -0.382 e. The molecular formula is C9H19O3. The Labute approximate surface area is 75.0 Å². The average molecular weight is 175 g/mol. The van der Waals surface area contributed by atoms with Gasteiger partial charge in [-0.25, -0.2) is 0 Å². The van der Waals surface area contributed by atoms with Crippen LogP contribution >= 0.6 is 0 Å². The lowest BCUT2D eigenvalue weighted by atomic mass is 10.4. The molecule has 0 aliphatic carbocycles. The molecule has 0 heterocycles. The van der Waals surface area contributed by atoms with Gasteiger partial charge in [0.05, 0.1) is 25.9 Å². The second-order valence-electron chi connectivity index (χ2n) is 2.62. The highest BCUT2D eigenvalue weighted by Gasteiger charge is 2.00. The zero-order valence-electron chi connectivity index (χ0n) is 8.21. The zero-order chi connectivity index (χ0) is 9.23. The Hall–Kier alpha value is -0.120. The van der Waals surface area contributed by atoms with Crippen molar-refractivity contribution < 1.29 is 14.2 Å². The molecule has 0 fully saturated rings. The number of ether oxygens (including phenoxy) is 3. The van der Waals surface area contributed by atoms with Crippen LogP contribution in [-0.2, 0) is 14.2 Å². The number of hydrogen-bond acceptors (Lipinski definition) is 3. The molecule has 1 radical (unpaired) electrons. The maximum atomic E-state index is 5.35. The second kappa shape index (κ2) is 8.97. The lowest BCUT2D eigenvalue weighted by Crippen LogP contribution is -2.18. The molecule has 0 aliphatic heterocycles. The van der Waals surface area contributed by atoms with Gasteiger partial charge in [0.1, 0.15) is 0 Å². The molecule has 3 heteroatoms. The number of rotatable bonds is 8. The zero-order valence-corrected chi connectivity index (χ0v) is 8.21. The first-order chi connectivity index (χ1) is 5.81. The summed E-state index contributed by atoms with van der Waals surface area (Å²) in [7, 11) is 1.66. The smallest absolute Gasteiger partial charge is 0.0780 e. The molecule has 0 saturated carbocycles. The van der Waals surface area contributed by atoms with Crippen molar-refractivity contribution in [3.63, 3.8) is 0 Å². The maximum absolute atomic E-state index is 5.35. The van der Waals surface area contributed by atoms with Crippen LogP contribution in [0.5, 0.6) is 0 Å². The van der Waals surface area contributed by atoms with E-state index in [1.165, 1.54) is 0 Å². The van der Waals surface area contributed by atoms with E-state index in [1.54, 1.807) is 7.11 Å². The van der Waals surface area contributed by atoms with Crippen LogP contribution in [0.25, 0.3) is 0 Å². The monoisotopic (exact) mass is 175 g/mol. The van der Waals surface area contributed by atoms with E-state index < -0.39 is 0 Å². The molecule has 1 unspecified atom stereocenters. The molecular weight excluding hydrogens is 156 g/mol. The van der Waals surface area contributed by atoms with Crippen molar-refractivity contribution in [3.8, 4) is 0 Å². The molecule has 0 bridgehead atoms. The third-order valence-corrected chi connectivity index (χ3v) is 1.33. The minimum atomic E-state index is 0.165. The molecule has 12 heavy (non-hydrogen) atoms. The summed E-state index contributed by atoms with van der Waals surface area (Å²) in [4.78, 5) is 0. The fourth-order valence-corrected chi connectivity index (χ4v) is 0.700. The molecule has 0 aromatic carbocycles. The van der Waals surface area contributed by atoms with Crippen molar-refractivity contribution in [3.05, 3.63) is 6.42 Å². The van der Waals surface area contributed by atoms with Gasteiger partial charge in [-0.1, -0.05) is 6.92 Å². The van der Waals surface area contributed by atoms with Crippen LogP contribution in [0.15, 0.2) is 0 Å². The highest BCUT2D eigenvalue weighted by Crippen LogP contribution is 1.92. The van der Waals surface area contributed by atoms with E-state index in [4.69, 9.17) is 14.2 Å². The van der Waals surface area contributed by atoms with Gasteiger partial charge in [-0.3, -0.25) is 0 Å². The molecule has 0 saturated heterocycles. The first-order valence-corrected chi connectivity index (χ1v) is 4.27. The quantitative estimate of drug-likeness (QED) is 0.520. The van der Waals surface area contributed by atoms with Crippen LogP contribution in [0, 0.1) is 6.42 Å². The van der Waals surface area contributed by atoms with E-state index in [0.717, 1.165) is 0 Å². The van der Waals surface area contributed by atoms with Crippen LogP contribution in [0.2, 0.25) is 0 Å². The summed E-state index contributed by atoms with van der Waals surface area (Å²) in [6, 6.07) is 0. The molecule has 0 amide bonds. The SMILES string of the molecule is C[CH]COC(C)COCCOC. The van der Waals surface area contributed by atoms with Crippen molar-refractivity contribution in [2.75, 3.05) is 33.5 Å². The second-order valence-corrected chi connectivity index (χ2v) is 2.62. The summed E-state index contributed by atoms with van der Waals surface area (Å²) >= 11 is 0. The summed E-state index contributed by atoms with van der Waals surface area (Å²) in [5.74, 6) is 0. The molecule has 0 aromatic heterocycles. The van der Waals surface area contributed by atoms with Crippen LogP contribution in [-0.4, -0.2) is 39.6 Å². The molecule has 0 aliphatic rings. The highest BCUT2D eigenvalue weighted by molar-refractivity contribution is 4.55. The van der Waals surface area contributed by atoms with E-state index in [0.29, 0.717) is 26.4 Å². The number of methoxy groups -OCH3 is 1. The first-order valence-electron chi connectivity index (χ1n) is 4.27. The van der Waals surface area contributed by atoms with Gasteiger partial charge >= 0.3 is 0 Å². The van der Waals surface area contributed by atoms with Gasteiger partial charge in [-0.2, -0.15) is 0 Å². The summed E-state index contributed by atoms with van der Waals surface area (Å²) < 4.78 is 15.5. The Kier molecular flexibility index (Phi) is 8.88. The van der Waals surface area contributed by atoms with Crippen LogP contribution in [0.4, 0.5) is 0 Å². The molecule has 0 aromatic rings. The normalized spacial score (nSPS) is 13.2. The Morgan fingerprint density at radius 2 is 2.08 bits per heavy atom. The molecule has 1 atom stereocenters. The van der Waals surface area contributed by atoms with Gasteiger partial charge in [-0.05, 0) is 13.3 Å². The van der Waals surface area contributed by atoms with E-state index in [-0.39, 0.29) is 6.10 Å². The molecule has 0 spiro atoms. The Balaban J connectivity index is 3.02. The molecule has 0 rings (SSSR count). The summed E-state index contributed by atoms with van der Waals surface area (Å²) in [5, 5.41) is 0. The summed E-state index contributed by atoms with van der Waals surface area (Å²) in [5.41, 5.74) is 0. The predicted molar refractivity (Wildman–Crippen MR) is 48.1 cm³/mol. The third-order valence-electron chi connectivity index (χ3n) is 1.33. The van der Waals surface area contributed by atoms with Crippen molar-refractivity contribution in [1.29, 1.82) is 0 Å². The van der Waals surface area contributed by atoms with Gasteiger partial charge in [0.15, 0.2) is 0 Å². The molecule has 0 N–H and O–H groups in total. The standard InChI is InChI=1S/C9H19O3/c1-4-5-12-9(2)8-11-7-6-10-3/h4,9H,5-8H2,1-3H3. The Morgan fingerprint density at radius 3 is 2.67 bits per heavy atom. The lowest BCUT2D eigenvalue weighted by molar-refractivity contribution is -0.0121. The topological polar surface area (TPSA) is 27.7 Å². The van der Waals surface area contributed by atoms with Crippen LogP contribution in [0.3, 0.4) is 0 Å². The Bertz CT molecular complexity index is 85.8. The summed E-state index contributed by atoms with van der Waals surface area (Å²) in [6.07, 6.45) is 2.14. The van der Waals surface area contributed by atoms with Gasteiger partial charge in [-0.15, -0.1) is 0 Å². The fourth-order valence-electron chi connectivity index (χ4n) is 0.700. The summed E-state index contributed by atoms with van der Waals surface area (Å²) in [6.45, 7) is 6.58. The first kappa shape index (κ1) is 11.9. The van der Waals surface area contributed by atoms with E-state index in [2.05, 4.69) is 0 Å². The van der Waals surface area contributed by atoms with Gasteiger partial charge in [0.25, 0.3) is 0 Å². The maximum Gasteiger partial charge on any atom is 0.0780 e. The van der Waals surface area contributed by atoms with Crippen molar-refractivity contribution in [2.45, 2.75) is 20.0 Å². The van der Waals surface area contributed by atoms with Gasteiger partial charge < -0.3 is 14.2 Å². The van der Waals surface area contributed by atoms with Gasteiger partial charge in [0, 0.05) is 13.7 Å². The van der Waals surface area contributed by atoms with E-state index >= 15 is 0 Å². The van der Waals surface area contributed by atoms with Crippen LogP contribution in [0.1, 0.15) is 13.8 Å². The van der Waals surface area contributed by atoms with Crippen molar-refractivity contribution in [2.24, 2.45) is 0 Å². The highest BCUT2D eigenvalue weighted by atomic mass is 16.5. The molecule has 3 nitrogen and oxygen atoms in total. The minimum absolute atomic E-state index is 0.165. The van der Waals surface area contributed by atoms with Crippen LogP contribution < -0.4 is 0 Å². The van der Waals surface area contributed by atoms with Crippen molar-refractivity contribution >= 4 is 0 Å². The van der Waals surface area contributed by atoms with Gasteiger partial charge in [0.2, 0.25) is 0 Å². The largest absolute Gasteiger partial charge is 0.382 e. The predicted octanol–water partition coefficient (Wildman–Crippen LogP) is 1.28. The molecule has 73 valence electrons. The fraction of sp³-hybridized carbons (Fsp3) is 0.889. The average Bonchev–Trinajstić information content (AvgIpc) is 2.09.